The van der Waals surface area contributed by atoms with E-state index in [0.717, 1.165) is 5.25 Å². The molecule has 1 aliphatic heterocycles. The van der Waals surface area contributed by atoms with Gasteiger partial charge in [-0.1, -0.05) is 0 Å². The summed E-state index contributed by atoms with van der Waals surface area (Å²) in [5, 5.41) is 3.09. The Bertz CT molecular complexity index is 1650. The third kappa shape index (κ3) is 10.9. The fourth-order valence-corrected chi connectivity index (χ4v) is 70.4. The SMILES string of the molecule is C=C(C)C1(C)[CH2][Ge]([c]2c(C(C)C)cc(C(C)C)cc2C(C)C)([c]2c(C([Si](C)(C)C)[Si](C)(C)C)cc(C([Si](C)(C)C)[Si](C)(C)C)cc2C([Si](C)(C)C)[Si](C)(C)C)[S]O1. The summed E-state index contributed by atoms with van der Waals surface area (Å²) in [5.41, 5.74) is 10.9. The van der Waals surface area contributed by atoms with Crippen molar-refractivity contribution in [3.8, 4) is 0 Å². The second-order valence-electron chi connectivity index (χ2n) is 26.3. The maximum atomic E-state index is 7.43. The first-order chi connectivity index (χ1) is 25.2. The molecule has 0 saturated carbocycles. The summed E-state index contributed by atoms with van der Waals surface area (Å²) >= 11 is -3.63. The molecule has 9 heteroatoms. The Kier molecular flexibility index (Phi) is 15.5. The monoisotopic (exact) mass is 958 g/mol. The van der Waals surface area contributed by atoms with Crippen LogP contribution in [0.2, 0.25) is 123 Å². The topological polar surface area (TPSA) is 9.23 Å². The predicted octanol–water partition coefficient (Wildman–Crippen LogP) is 15.6. The van der Waals surface area contributed by atoms with Crippen molar-refractivity contribution >= 4 is 79.7 Å². The summed E-state index contributed by atoms with van der Waals surface area (Å²) in [5.74, 6) is 1.35. The quantitative estimate of drug-likeness (QED) is 0.0999. The van der Waals surface area contributed by atoms with E-state index in [1.165, 1.54) is 11.1 Å². The van der Waals surface area contributed by atoms with Gasteiger partial charge in [0.05, 0.1) is 0 Å². The van der Waals surface area contributed by atoms with E-state index in [-0.39, 0.29) is 5.60 Å². The molecule has 1 fully saturated rings. The van der Waals surface area contributed by atoms with E-state index in [1.54, 1.807) is 21.1 Å². The molecule has 2 aromatic carbocycles. The maximum absolute atomic E-state index is 7.43. The van der Waals surface area contributed by atoms with Gasteiger partial charge in [-0.05, 0) is 0 Å². The Morgan fingerprint density at radius 1 is 0.526 bits per heavy atom. The Morgan fingerprint density at radius 3 is 1.07 bits per heavy atom. The Balaban J connectivity index is 3.07. The van der Waals surface area contributed by atoms with Crippen molar-refractivity contribution in [3.63, 3.8) is 0 Å². The minimum absolute atomic E-state index is 0.363. The van der Waals surface area contributed by atoms with Crippen LogP contribution in [0, 0.1) is 0 Å². The Morgan fingerprint density at radius 2 is 0.825 bits per heavy atom. The minimum atomic E-state index is -3.63. The van der Waals surface area contributed by atoms with Crippen LogP contribution in [0.1, 0.15) is 122 Å². The molecule has 0 radical (unpaired) electrons. The van der Waals surface area contributed by atoms with Crippen LogP contribution in [-0.4, -0.2) is 66.2 Å². The van der Waals surface area contributed by atoms with Crippen LogP contribution >= 0.6 is 10.4 Å². The first kappa shape index (κ1) is 51.7. The van der Waals surface area contributed by atoms with Crippen molar-refractivity contribution in [1.82, 2.24) is 0 Å². The third-order valence-corrected chi connectivity index (χ3v) is 55.3. The van der Waals surface area contributed by atoms with Crippen molar-refractivity contribution in [1.29, 1.82) is 0 Å². The van der Waals surface area contributed by atoms with Crippen LogP contribution in [0.4, 0.5) is 0 Å². The molecule has 0 bridgehead atoms. The molecule has 0 amide bonds. The average molecular weight is 958 g/mol. The molecule has 1 nitrogen and oxygen atoms in total. The zero-order valence-corrected chi connectivity index (χ0v) is 51.4. The van der Waals surface area contributed by atoms with Gasteiger partial charge in [-0.2, -0.15) is 0 Å². The van der Waals surface area contributed by atoms with E-state index in [2.05, 4.69) is 198 Å². The average Bonchev–Trinajstić information content (AvgIpc) is 3.30. The zero-order valence-electron chi connectivity index (χ0n) is 42.5. The first-order valence-electron chi connectivity index (χ1n) is 22.6. The summed E-state index contributed by atoms with van der Waals surface area (Å²) in [6.07, 6.45) is 0. The second kappa shape index (κ2) is 17.1. The van der Waals surface area contributed by atoms with E-state index >= 15 is 0 Å². The van der Waals surface area contributed by atoms with E-state index in [9.17, 15) is 0 Å². The van der Waals surface area contributed by atoms with E-state index in [0.29, 0.717) is 33.2 Å². The molecule has 0 spiro atoms. The van der Waals surface area contributed by atoms with Gasteiger partial charge >= 0.3 is 371 Å². The van der Waals surface area contributed by atoms with E-state index in [4.69, 9.17) is 10.8 Å². The van der Waals surface area contributed by atoms with Gasteiger partial charge in [-0.3, -0.25) is 0 Å². The fraction of sp³-hybridized carbons (Fsp3) is 0.708. The number of benzene rings is 2. The Hall–Kier alpha value is 0.334. The standard InChI is InChI=1S/C48H92GeOSSi6/c1-33(2)37-28-39(34(3)4)43(40(29-37)35(5)6)49(32-48(9,36(7)8)50-51-49)44-41(46(54(16,17)18)55(19,20)21)30-38(45(52(10,11)12)53(13,14)15)31-42(44)47(56(22,23)24)57(25,26)27/h28-31,33-35,45-47H,7,32H2,1-6,8-27H3. The van der Waals surface area contributed by atoms with Gasteiger partial charge < -0.3 is 0 Å². The van der Waals surface area contributed by atoms with E-state index < -0.39 is 60.6 Å². The van der Waals surface area contributed by atoms with Crippen LogP contribution in [0.15, 0.2) is 36.4 Å². The van der Waals surface area contributed by atoms with Gasteiger partial charge in [0.1, 0.15) is 0 Å². The molecule has 1 heterocycles. The molecule has 2 atom stereocenters. The summed E-state index contributed by atoms with van der Waals surface area (Å²) in [6.45, 7) is 72.9. The number of hydrogen-bond acceptors (Lipinski definition) is 2. The van der Waals surface area contributed by atoms with Crippen LogP contribution in [0.3, 0.4) is 0 Å². The van der Waals surface area contributed by atoms with Crippen LogP contribution in [0.25, 0.3) is 0 Å². The molecule has 1 saturated heterocycles. The summed E-state index contributed by atoms with van der Waals surface area (Å²) in [4.78, 5) is 0. The molecule has 324 valence electrons. The van der Waals surface area contributed by atoms with Gasteiger partial charge in [-0.25, -0.2) is 0 Å². The molecule has 0 aliphatic carbocycles. The summed E-state index contributed by atoms with van der Waals surface area (Å²) in [6, 6.07) is 11.3. The predicted molar refractivity (Wildman–Crippen MR) is 285 cm³/mol. The molecule has 0 aromatic heterocycles. The molecule has 0 N–H and O–H groups in total. The normalized spacial score (nSPS) is 20.7. The van der Waals surface area contributed by atoms with Crippen molar-refractivity contribution in [3.05, 3.63) is 69.8 Å². The van der Waals surface area contributed by atoms with Crippen LogP contribution in [0.5, 0.6) is 0 Å². The van der Waals surface area contributed by atoms with Crippen molar-refractivity contribution < 1.29 is 4.18 Å². The molecule has 1 aliphatic rings. The van der Waals surface area contributed by atoms with Crippen LogP contribution < -0.4 is 8.79 Å². The van der Waals surface area contributed by atoms with Gasteiger partial charge in [-0.15, -0.1) is 0 Å². The number of rotatable bonds is 15. The van der Waals surface area contributed by atoms with Gasteiger partial charge in [0, 0.05) is 0 Å². The third-order valence-electron chi connectivity index (χ3n) is 13.2. The Labute approximate surface area is 368 Å². The molecule has 2 aromatic rings. The first-order valence-corrected chi connectivity index (χ1v) is 51.0. The van der Waals surface area contributed by atoms with Crippen molar-refractivity contribution in [2.24, 2.45) is 0 Å². The van der Waals surface area contributed by atoms with E-state index in [1.807, 2.05) is 25.9 Å². The zero-order chi connectivity index (χ0) is 44.6. The van der Waals surface area contributed by atoms with Gasteiger partial charge in [0.25, 0.3) is 0 Å². The second-order valence-corrected chi connectivity index (χ2v) is 71.2. The summed E-state index contributed by atoms with van der Waals surface area (Å²) < 4.78 is 11.1. The van der Waals surface area contributed by atoms with Gasteiger partial charge in [0.15, 0.2) is 0 Å². The van der Waals surface area contributed by atoms with Crippen LogP contribution in [-0.2, 0) is 4.18 Å². The fourth-order valence-electron chi connectivity index (χ4n) is 12.3. The molecule has 2 unspecified atom stereocenters. The number of hydrogen-bond donors (Lipinski definition) is 0. The summed E-state index contributed by atoms with van der Waals surface area (Å²) in [7, 11) is -8.23. The molecular weight excluding hydrogens is 866 g/mol. The van der Waals surface area contributed by atoms with Crippen molar-refractivity contribution in [2.45, 2.75) is 217 Å². The van der Waals surface area contributed by atoms with Gasteiger partial charge in [0.2, 0.25) is 0 Å². The molecular formula is C48H92GeOSSi6. The molecule has 3 rings (SSSR count). The van der Waals surface area contributed by atoms with Crippen molar-refractivity contribution in [2.75, 3.05) is 0 Å². The molecule has 57 heavy (non-hydrogen) atoms.